The third kappa shape index (κ3) is 3.42. The lowest BCUT2D eigenvalue weighted by atomic mass is 10.1. The summed E-state index contributed by atoms with van der Waals surface area (Å²) in [6, 6.07) is 7.75. The topological polar surface area (TPSA) is 83.8 Å². The monoisotopic (exact) mass is 272 g/mol. The van der Waals surface area contributed by atoms with Crippen LogP contribution in [0.15, 0.2) is 30.6 Å². The van der Waals surface area contributed by atoms with Crippen molar-refractivity contribution in [2.45, 2.75) is 26.6 Å². The maximum absolute atomic E-state index is 7.47. The van der Waals surface area contributed by atoms with E-state index >= 15 is 0 Å². The predicted molar refractivity (Wildman–Crippen MR) is 78.3 cm³/mol. The van der Waals surface area contributed by atoms with Gasteiger partial charge in [0, 0.05) is 18.7 Å². The molecule has 1 aromatic heterocycles. The summed E-state index contributed by atoms with van der Waals surface area (Å²) in [6.07, 6.45) is 1.59. The number of aryl methyl sites for hydroxylation is 1. The fraction of sp³-hybridized carbons (Fsp3) is 0.357. The number of amidine groups is 1. The average Bonchev–Trinajstić information content (AvgIpc) is 2.86. The van der Waals surface area contributed by atoms with Crippen LogP contribution in [0, 0.1) is 5.41 Å². The van der Waals surface area contributed by atoms with E-state index in [0.29, 0.717) is 0 Å². The second-order valence-electron chi connectivity index (χ2n) is 4.78. The van der Waals surface area contributed by atoms with Crippen LogP contribution in [0.1, 0.15) is 23.9 Å². The summed E-state index contributed by atoms with van der Waals surface area (Å²) in [4.78, 5) is 6.43. The molecule has 0 saturated carbocycles. The highest BCUT2D eigenvalue weighted by molar-refractivity contribution is 5.95. The second-order valence-corrected chi connectivity index (χ2v) is 4.78. The van der Waals surface area contributed by atoms with Crippen molar-refractivity contribution in [3.63, 3.8) is 0 Å². The molecular formula is C14H20N6. The SMILES string of the molecule is CCn1ncnc1CN(C)Cc1cccc(C(=N)N)c1. The summed E-state index contributed by atoms with van der Waals surface area (Å²) >= 11 is 0. The Kier molecular flexibility index (Phi) is 4.47. The number of hydrogen-bond acceptors (Lipinski definition) is 4. The molecule has 2 rings (SSSR count). The zero-order chi connectivity index (χ0) is 14.5. The van der Waals surface area contributed by atoms with E-state index in [9.17, 15) is 0 Å². The lowest BCUT2D eigenvalue weighted by Gasteiger charge is -2.16. The van der Waals surface area contributed by atoms with Crippen LogP contribution in [0.3, 0.4) is 0 Å². The van der Waals surface area contributed by atoms with E-state index < -0.39 is 0 Å². The van der Waals surface area contributed by atoms with Gasteiger partial charge < -0.3 is 5.73 Å². The number of nitrogen functional groups attached to an aromatic ring is 1. The van der Waals surface area contributed by atoms with E-state index in [0.717, 1.165) is 36.6 Å². The highest BCUT2D eigenvalue weighted by Gasteiger charge is 2.08. The first kappa shape index (κ1) is 14.2. The number of nitrogens with two attached hydrogens (primary N) is 1. The molecule has 0 atom stereocenters. The van der Waals surface area contributed by atoms with Gasteiger partial charge in [0.1, 0.15) is 18.0 Å². The van der Waals surface area contributed by atoms with Crippen molar-refractivity contribution < 1.29 is 0 Å². The Balaban J connectivity index is 2.02. The summed E-state index contributed by atoms with van der Waals surface area (Å²) in [5.41, 5.74) is 7.39. The van der Waals surface area contributed by atoms with Crippen LogP contribution in [-0.2, 0) is 19.6 Å². The molecule has 1 aromatic carbocycles. The van der Waals surface area contributed by atoms with Gasteiger partial charge in [-0.05, 0) is 25.6 Å². The zero-order valence-corrected chi connectivity index (χ0v) is 11.9. The molecule has 2 aromatic rings. The zero-order valence-electron chi connectivity index (χ0n) is 11.9. The maximum Gasteiger partial charge on any atom is 0.140 e. The summed E-state index contributed by atoms with van der Waals surface area (Å²) in [5, 5.41) is 11.6. The molecule has 0 saturated heterocycles. The Hall–Kier alpha value is -2.21. The van der Waals surface area contributed by atoms with Crippen LogP contribution in [0.2, 0.25) is 0 Å². The van der Waals surface area contributed by atoms with Gasteiger partial charge in [-0.2, -0.15) is 5.10 Å². The van der Waals surface area contributed by atoms with Gasteiger partial charge in [0.15, 0.2) is 0 Å². The molecule has 1 heterocycles. The number of nitrogens with one attached hydrogen (secondary N) is 1. The molecule has 0 unspecified atom stereocenters. The van der Waals surface area contributed by atoms with Crippen LogP contribution in [0.5, 0.6) is 0 Å². The van der Waals surface area contributed by atoms with Gasteiger partial charge in [0.2, 0.25) is 0 Å². The van der Waals surface area contributed by atoms with Gasteiger partial charge >= 0.3 is 0 Å². The third-order valence-electron chi connectivity index (χ3n) is 3.10. The van der Waals surface area contributed by atoms with Gasteiger partial charge in [0.25, 0.3) is 0 Å². The van der Waals surface area contributed by atoms with Crippen molar-refractivity contribution in [3.8, 4) is 0 Å². The van der Waals surface area contributed by atoms with E-state index in [2.05, 4.69) is 21.9 Å². The van der Waals surface area contributed by atoms with Crippen LogP contribution >= 0.6 is 0 Å². The summed E-state index contributed by atoms with van der Waals surface area (Å²) in [7, 11) is 2.04. The van der Waals surface area contributed by atoms with Crippen molar-refractivity contribution in [1.29, 1.82) is 5.41 Å². The average molecular weight is 272 g/mol. The maximum atomic E-state index is 7.47. The molecular weight excluding hydrogens is 252 g/mol. The minimum atomic E-state index is 0.0974. The molecule has 0 aliphatic heterocycles. The van der Waals surface area contributed by atoms with E-state index in [1.54, 1.807) is 6.33 Å². The molecule has 20 heavy (non-hydrogen) atoms. The molecule has 6 heteroatoms. The van der Waals surface area contributed by atoms with E-state index in [4.69, 9.17) is 11.1 Å². The lowest BCUT2D eigenvalue weighted by Crippen LogP contribution is -2.21. The first-order valence-electron chi connectivity index (χ1n) is 6.58. The molecule has 0 aliphatic carbocycles. The number of benzene rings is 1. The Labute approximate surface area is 118 Å². The fourth-order valence-electron chi connectivity index (χ4n) is 2.12. The Bertz CT molecular complexity index is 589. The Morgan fingerprint density at radius 2 is 2.20 bits per heavy atom. The number of aromatic nitrogens is 3. The summed E-state index contributed by atoms with van der Waals surface area (Å²) in [6.45, 7) is 4.38. The van der Waals surface area contributed by atoms with Gasteiger partial charge in [-0.25, -0.2) is 9.67 Å². The Morgan fingerprint density at radius 3 is 2.90 bits per heavy atom. The van der Waals surface area contributed by atoms with Crippen LogP contribution in [0.4, 0.5) is 0 Å². The van der Waals surface area contributed by atoms with E-state index in [1.807, 2.05) is 36.0 Å². The van der Waals surface area contributed by atoms with Gasteiger partial charge in [0.05, 0.1) is 6.54 Å². The second kappa shape index (κ2) is 6.29. The predicted octanol–water partition coefficient (Wildman–Crippen LogP) is 1.21. The molecule has 6 nitrogen and oxygen atoms in total. The van der Waals surface area contributed by atoms with Crippen LogP contribution < -0.4 is 5.73 Å². The molecule has 0 radical (unpaired) electrons. The molecule has 0 bridgehead atoms. The van der Waals surface area contributed by atoms with Crippen molar-refractivity contribution in [1.82, 2.24) is 19.7 Å². The Morgan fingerprint density at radius 1 is 1.40 bits per heavy atom. The van der Waals surface area contributed by atoms with Crippen molar-refractivity contribution >= 4 is 5.84 Å². The molecule has 0 fully saturated rings. The minimum Gasteiger partial charge on any atom is -0.384 e. The summed E-state index contributed by atoms with van der Waals surface area (Å²) < 4.78 is 1.89. The van der Waals surface area contributed by atoms with Crippen molar-refractivity contribution in [3.05, 3.63) is 47.5 Å². The smallest absolute Gasteiger partial charge is 0.140 e. The third-order valence-corrected chi connectivity index (χ3v) is 3.10. The molecule has 3 N–H and O–H groups in total. The van der Waals surface area contributed by atoms with Crippen molar-refractivity contribution in [2.24, 2.45) is 5.73 Å². The summed E-state index contributed by atoms with van der Waals surface area (Å²) in [5.74, 6) is 1.05. The fourth-order valence-corrected chi connectivity index (χ4v) is 2.12. The highest BCUT2D eigenvalue weighted by atomic mass is 15.3. The molecule has 106 valence electrons. The minimum absolute atomic E-state index is 0.0974. The van der Waals surface area contributed by atoms with E-state index in [1.165, 1.54) is 0 Å². The molecule has 0 aliphatic rings. The standard InChI is InChI=1S/C14H20N6/c1-3-20-13(17-10-18-20)9-19(2)8-11-5-4-6-12(7-11)14(15)16/h4-7,10H,3,8-9H2,1-2H3,(H3,15,16). The molecule has 0 amide bonds. The van der Waals surface area contributed by atoms with E-state index in [-0.39, 0.29) is 5.84 Å². The first-order chi connectivity index (χ1) is 9.60. The van der Waals surface area contributed by atoms with Gasteiger partial charge in [-0.3, -0.25) is 10.3 Å². The quantitative estimate of drug-likeness (QED) is 0.611. The van der Waals surface area contributed by atoms with Crippen LogP contribution in [-0.4, -0.2) is 32.5 Å². The highest BCUT2D eigenvalue weighted by Crippen LogP contribution is 2.09. The largest absolute Gasteiger partial charge is 0.384 e. The van der Waals surface area contributed by atoms with Crippen LogP contribution in [0.25, 0.3) is 0 Å². The normalized spacial score (nSPS) is 10.9. The molecule has 0 spiro atoms. The van der Waals surface area contributed by atoms with Crippen molar-refractivity contribution in [2.75, 3.05) is 7.05 Å². The first-order valence-corrected chi connectivity index (χ1v) is 6.58. The number of hydrogen-bond donors (Lipinski definition) is 2. The lowest BCUT2D eigenvalue weighted by molar-refractivity contribution is 0.303. The number of nitrogens with zero attached hydrogens (tertiary/aromatic N) is 4. The van der Waals surface area contributed by atoms with Gasteiger partial charge in [-0.1, -0.05) is 18.2 Å². The van der Waals surface area contributed by atoms with Gasteiger partial charge in [-0.15, -0.1) is 0 Å². The number of rotatable bonds is 6.